The molecule has 3 rings (SSSR count). The number of anilines is 1. The first-order valence-electron chi connectivity index (χ1n) is 10.3. The van der Waals surface area contributed by atoms with Crippen molar-refractivity contribution < 1.29 is 27.5 Å². The summed E-state index contributed by atoms with van der Waals surface area (Å²) in [6.07, 6.45) is 3.15. The van der Waals surface area contributed by atoms with Gasteiger partial charge in [0.2, 0.25) is 21.1 Å². The van der Waals surface area contributed by atoms with Crippen molar-refractivity contribution in [3.63, 3.8) is 0 Å². The number of carbonyl (C=O) groups excluding carboxylic acids is 2. The smallest absolute Gasteiger partial charge is 0.316 e. The number of sulfonamides is 1. The van der Waals surface area contributed by atoms with Gasteiger partial charge in [0.25, 0.3) is 0 Å². The van der Waals surface area contributed by atoms with Crippen LogP contribution in [-0.4, -0.2) is 67.9 Å². The Hall–Kier alpha value is -2.22. The second-order valence-electron chi connectivity index (χ2n) is 7.22. The number of amides is 1. The zero-order valence-corrected chi connectivity index (χ0v) is 20.9. The van der Waals surface area contributed by atoms with Crippen molar-refractivity contribution in [2.24, 2.45) is 0 Å². The van der Waals surface area contributed by atoms with Gasteiger partial charge in [-0.1, -0.05) is 29.5 Å². The van der Waals surface area contributed by atoms with Gasteiger partial charge in [0.05, 0.1) is 24.9 Å². The maximum atomic E-state index is 13.0. The molecule has 33 heavy (non-hydrogen) atoms. The summed E-state index contributed by atoms with van der Waals surface area (Å²) in [5.41, 5.74) is 0.636. The minimum atomic E-state index is -3.58. The highest BCUT2D eigenvalue weighted by molar-refractivity contribution is 8.01. The molecular weight excluding hydrogens is 488 g/mol. The van der Waals surface area contributed by atoms with Gasteiger partial charge in [-0.15, -0.1) is 10.2 Å². The lowest BCUT2D eigenvalue weighted by Crippen LogP contribution is -2.35. The molecule has 1 saturated heterocycles. The Bertz CT molecular complexity index is 1080. The van der Waals surface area contributed by atoms with Gasteiger partial charge >= 0.3 is 5.97 Å². The number of rotatable bonds is 10. The van der Waals surface area contributed by atoms with Gasteiger partial charge in [-0.05, 0) is 43.0 Å². The number of methoxy groups -OCH3 is 2. The fourth-order valence-corrected chi connectivity index (χ4v) is 6.46. The number of thioether (sulfide) groups is 1. The van der Waals surface area contributed by atoms with Crippen LogP contribution in [0.15, 0.2) is 27.4 Å². The van der Waals surface area contributed by atoms with Gasteiger partial charge in [-0.25, -0.2) is 8.42 Å². The summed E-state index contributed by atoms with van der Waals surface area (Å²) in [4.78, 5) is 23.8. The zero-order chi connectivity index (χ0) is 23.8. The molecule has 0 radical (unpaired) electrons. The highest BCUT2D eigenvalue weighted by Gasteiger charge is 2.26. The van der Waals surface area contributed by atoms with E-state index < -0.39 is 10.0 Å². The average molecular weight is 515 g/mol. The maximum Gasteiger partial charge on any atom is 0.316 e. The van der Waals surface area contributed by atoms with E-state index in [9.17, 15) is 18.0 Å². The van der Waals surface area contributed by atoms with Gasteiger partial charge in [-0.3, -0.25) is 9.59 Å². The van der Waals surface area contributed by atoms with Crippen LogP contribution in [0.3, 0.4) is 0 Å². The summed E-state index contributed by atoms with van der Waals surface area (Å²) in [5, 5.41) is 10.8. The molecule has 0 atom stereocenters. The molecule has 0 unspecified atom stereocenters. The first-order valence-corrected chi connectivity index (χ1v) is 13.6. The van der Waals surface area contributed by atoms with E-state index in [-0.39, 0.29) is 28.9 Å². The number of ether oxygens (including phenoxy) is 2. The minimum Gasteiger partial charge on any atom is -0.496 e. The molecule has 0 saturated carbocycles. The predicted octanol–water partition coefficient (Wildman–Crippen LogP) is 2.56. The van der Waals surface area contributed by atoms with Crippen molar-refractivity contribution in [3.8, 4) is 5.75 Å². The third-order valence-corrected chi connectivity index (χ3v) is 8.86. The van der Waals surface area contributed by atoms with E-state index in [1.165, 1.54) is 30.3 Å². The molecule has 1 aromatic carbocycles. The monoisotopic (exact) mass is 514 g/mol. The number of aryl methyl sites for hydroxylation is 1. The third-order valence-electron chi connectivity index (χ3n) is 5.02. The summed E-state index contributed by atoms with van der Waals surface area (Å²) in [7, 11) is -0.768. The van der Waals surface area contributed by atoms with E-state index in [0.29, 0.717) is 40.3 Å². The van der Waals surface area contributed by atoms with Crippen LogP contribution in [-0.2, 0) is 30.8 Å². The molecule has 2 heterocycles. The van der Waals surface area contributed by atoms with E-state index in [0.717, 1.165) is 30.6 Å². The second kappa shape index (κ2) is 11.8. The molecule has 1 aliphatic rings. The number of nitrogens with zero attached hydrogens (tertiary/aromatic N) is 3. The number of piperidine rings is 1. The molecule has 1 fully saturated rings. The molecule has 1 aromatic heterocycles. The SMILES string of the molecule is COC(=O)CSc1nnc(NC(=O)CCc2cc(S(=O)(=O)N3CCCCC3)ccc2OC)s1. The van der Waals surface area contributed by atoms with E-state index >= 15 is 0 Å². The number of hydrogen-bond acceptors (Lipinski definition) is 10. The first-order chi connectivity index (χ1) is 15.8. The fourth-order valence-electron chi connectivity index (χ4n) is 3.29. The normalized spacial score (nSPS) is 14.6. The third kappa shape index (κ3) is 6.88. The first kappa shape index (κ1) is 25.4. The zero-order valence-electron chi connectivity index (χ0n) is 18.4. The summed E-state index contributed by atoms with van der Waals surface area (Å²) < 4.78 is 38.0. The average Bonchev–Trinajstić information content (AvgIpc) is 3.28. The topological polar surface area (TPSA) is 128 Å². The predicted molar refractivity (Wildman–Crippen MR) is 125 cm³/mol. The van der Waals surface area contributed by atoms with Crippen LogP contribution in [0.2, 0.25) is 0 Å². The summed E-state index contributed by atoms with van der Waals surface area (Å²) in [6.45, 7) is 1.04. The van der Waals surface area contributed by atoms with Crippen molar-refractivity contribution in [3.05, 3.63) is 23.8 Å². The molecule has 1 N–H and O–H groups in total. The van der Waals surface area contributed by atoms with Crippen molar-refractivity contribution in [1.29, 1.82) is 0 Å². The summed E-state index contributed by atoms with van der Waals surface area (Å²) >= 11 is 2.33. The molecule has 0 aliphatic carbocycles. The van der Waals surface area contributed by atoms with Crippen LogP contribution < -0.4 is 10.1 Å². The highest BCUT2D eigenvalue weighted by atomic mass is 32.2. The molecule has 0 spiro atoms. The van der Waals surface area contributed by atoms with Gasteiger partial charge in [0.15, 0.2) is 4.34 Å². The van der Waals surface area contributed by atoms with Crippen LogP contribution in [0.25, 0.3) is 0 Å². The van der Waals surface area contributed by atoms with Crippen LogP contribution in [0.1, 0.15) is 31.2 Å². The number of benzene rings is 1. The van der Waals surface area contributed by atoms with Gasteiger partial charge < -0.3 is 14.8 Å². The number of hydrogen-bond donors (Lipinski definition) is 1. The summed E-state index contributed by atoms with van der Waals surface area (Å²) in [6, 6.07) is 4.75. The van der Waals surface area contributed by atoms with Gasteiger partial charge in [-0.2, -0.15) is 4.31 Å². The lowest BCUT2D eigenvalue weighted by Gasteiger charge is -2.26. The van der Waals surface area contributed by atoms with E-state index in [2.05, 4.69) is 20.3 Å². The van der Waals surface area contributed by atoms with E-state index in [1.54, 1.807) is 18.2 Å². The van der Waals surface area contributed by atoms with Gasteiger partial charge in [0, 0.05) is 19.5 Å². The van der Waals surface area contributed by atoms with Crippen LogP contribution in [0.4, 0.5) is 5.13 Å². The Morgan fingerprint density at radius 1 is 1.18 bits per heavy atom. The number of aromatic nitrogens is 2. The Morgan fingerprint density at radius 3 is 2.64 bits per heavy atom. The Labute approximate surface area is 201 Å². The van der Waals surface area contributed by atoms with Crippen molar-refractivity contribution >= 4 is 50.1 Å². The Kier molecular flexibility index (Phi) is 9.06. The maximum absolute atomic E-state index is 13.0. The van der Waals surface area contributed by atoms with Crippen LogP contribution >= 0.6 is 23.1 Å². The number of nitrogens with one attached hydrogen (secondary N) is 1. The lowest BCUT2D eigenvalue weighted by molar-refractivity contribution is -0.137. The lowest BCUT2D eigenvalue weighted by atomic mass is 10.1. The molecule has 2 aromatic rings. The second-order valence-corrected chi connectivity index (χ2v) is 11.4. The van der Waals surface area contributed by atoms with Gasteiger partial charge in [0.1, 0.15) is 5.75 Å². The molecular formula is C20H26N4O6S3. The Balaban J connectivity index is 1.62. The molecule has 1 aliphatic heterocycles. The highest BCUT2D eigenvalue weighted by Crippen LogP contribution is 2.28. The summed E-state index contributed by atoms with van der Waals surface area (Å²) in [5.74, 6) is -0.0330. The standard InChI is InChI=1S/C20H26N4O6S3/c1-29-16-8-7-15(33(27,28)24-10-4-3-5-11-24)12-14(16)6-9-17(25)21-19-22-23-20(32-19)31-13-18(26)30-2/h7-8,12H,3-6,9-11,13H2,1-2H3,(H,21,22,25). The molecule has 1 amide bonds. The van der Waals surface area contributed by atoms with E-state index in [4.69, 9.17) is 4.74 Å². The number of esters is 1. The van der Waals surface area contributed by atoms with E-state index in [1.807, 2.05) is 0 Å². The van der Waals surface area contributed by atoms with Crippen LogP contribution in [0.5, 0.6) is 5.75 Å². The minimum absolute atomic E-state index is 0.105. The van der Waals surface area contributed by atoms with Crippen molar-refractivity contribution in [2.45, 2.75) is 41.3 Å². The largest absolute Gasteiger partial charge is 0.496 e. The molecule has 13 heteroatoms. The van der Waals surface area contributed by atoms with Crippen LogP contribution in [0, 0.1) is 0 Å². The van der Waals surface area contributed by atoms with Crippen molar-refractivity contribution in [1.82, 2.24) is 14.5 Å². The quantitative estimate of drug-likeness (QED) is 0.289. The Morgan fingerprint density at radius 2 is 1.94 bits per heavy atom. The number of carbonyl (C=O) groups is 2. The fraction of sp³-hybridized carbons (Fsp3) is 0.500. The molecule has 180 valence electrons. The molecule has 0 bridgehead atoms. The van der Waals surface area contributed by atoms with Crippen molar-refractivity contribution in [2.75, 3.05) is 38.4 Å². The molecule has 10 nitrogen and oxygen atoms in total.